The number of amides is 1. The number of hydrogen-bond donors (Lipinski definition) is 1. The minimum atomic E-state index is -0.333. The Morgan fingerprint density at radius 3 is 2.54 bits per heavy atom. The molecule has 0 saturated carbocycles. The predicted molar refractivity (Wildman–Crippen MR) is 94.9 cm³/mol. The topological polar surface area (TPSA) is 35.6 Å². The zero-order chi connectivity index (χ0) is 16.9. The summed E-state index contributed by atoms with van der Waals surface area (Å²) in [6, 6.07) is 7.95. The van der Waals surface area contributed by atoms with Crippen LogP contribution in [0.3, 0.4) is 0 Å². The Morgan fingerprint density at radius 2 is 1.92 bits per heavy atom. The Kier molecular flexibility index (Phi) is 5.60. The van der Waals surface area contributed by atoms with Gasteiger partial charge in [-0.2, -0.15) is 11.3 Å². The molecule has 3 rings (SSSR count). The molecule has 1 aromatic heterocycles. The van der Waals surface area contributed by atoms with Crippen LogP contribution in [0.1, 0.15) is 22.0 Å². The molecule has 24 heavy (non-hydrogen) atoms. The maximum absolute atomic E-state index is 13.0. The summed E-state index contributed by atoms with van der Waals surface area (Å²) >= 11 is 1.67. The molecule has 128 valence electrons. The van der Waals surface area contributed by atoms with Crippen LogP contribution in [-0.2, 0) is 0 Å². The molecule has 2 aromatic rings. The van der Waals surface area contributed by atoms with Crippen molar-refractivity contribution in [1.29, 1.82) is 0 Å². The number of carbonyl (C=O) groups is 1. The summed E-state index contributed by atoms with van der Waals surface area (Å²) in [5.74, 6) is -0.496. The molecule has 1 N–H and O–H groups in total. The van der Waals surface area contributed by atoms with Gasteiger partial charge in [0, 0.05) is 38.3 Å². The second-order valence-electron chi connectivity index (χ2n) is 6.13. The third-order valence-corrected chi connectivity index (χ3v) is 5.17. The SMILES string of the molecule is CN1CCN(C(CNC(=O)c2ccc(F)cc2)c2ccsc2)CC1. The second kappa shape index (κ2) is 7.88. The number of nitrogens with one attached hydrogen (secondary N) is 1. The first kappa shape index (κ1) is 17.1. The van der Waals surface area contributed by atoms with Gasteiger partial charge >= 0.3 is 0 Å². The van der Waals surface area contributed by atoms with Gasteiger partial charge in [-0.15, -0.1) is 0 Å². The fourth-order valence-electron chi connectivity index (χ4n) is 2.95. The lowest BCUT2D eigenvalue weighted by molar-refractivity contribution is 0.0886. The number of piperazine rings is 1. The molecule has 4 nitrogen and oxygen atoms in total. The summed E-state index contributed by atoms with van der Waals surface area (Å²) in [7, 11) is 2.13. The summed E-state index contributed by atoms with van der Waals surface area (Å²) in [6.45, 7) is 4.60. The highest BCUT2D eigenvalue weighted by molar-refractivity contribution is 7.07. The van der Waals surface area contributed by atoms with Crippen molar-refractivity contribution in [3.05, 3.63) is 58.0 Å². The Bertz CT molecular complexity index is 651. The molecule has 1 aromatic carbocycles. The van der Waals surface area contributed by atoms with Crippen molar-refractivity contribution in [3.63, 3.8) is 0 Å². The van der Waals surface area contributed by atoms with E-state index >= 15 is 0 Å². The normalized spacial score (nSPS) is 17.6. The zero-order valence-electron chi connectivity index (χ0n) is 13.7. The molecule has 1 fully saturated rings. The van der Waals surface area contributed by atoms with Gasteiger partial charge in [0.15, 0.2) is 0 Å². The lowest BCUT2D eigenvalue weighted by Crippen LogP contribution is -2.48. The molecular weight excluding hydrogens is 325 g/mol. The van der Waals surface area contributed by atoms with Crippen LogP contribution < -0.4 is 5.32 Å². The van der Waals surface area contributed by atoms with E-state index in [1.807, 2.05) is 0 Å². The number of thiophene rings is 1. The highest BCUT2D eigenvalue weighted by atomic mass is 32.1. The summed E-state index contributed by atoms with van der Waals surface area (Å²) in [5.41, 5.74) is 1.72. The molecule has 1 atom stereocenters. The first-order valence-electron chi connectivity index (χ1n) is 8.12. The van der Waals surface area contributed by atoms with Gasteiger partial charge in [-0.25, -0.2) is 4.39 Å². The molecule has 1 aliphatic rings. The Balaban J connectivity index is 1.66. The van der Waals surface area contributed by atoms with Crippen molar-refractivity contribution in [2.45, 2.75) is 6.04 Å². The highest BCUT2D eigenvalue weighted by Crippen LogP contribution is 2.23. The second-order valence-corrected chi connectivity index (χ2v) is 6.91. The van der Waals surface area contributed by atoms with E-state index in [2.05, 4.69) is 39.0 Å². The average Bonchev–Trinajstić information content (AvgIpc) is 3.11. The van der Waals surface area contributed by atoms with E-state index in [9.17, 15) is 9.18 Å². The Hall–Kier alpha value is -1.76. The molecule has 1 amide bonds. The Labute approximate surface area is 145 Å². The van der Waals surface area contributed by atoms with Crippen LogP contribution in [0.15, 0.2) is 41.1 Å². The molecular formula is C18H22FN3OS. The quantitative estimate of drug-likeness (QED) is 0.903. The summed E-state index contributed by atoms with van der Waals surface area (Å²) in [6.07, 6.45) is 0. The molecule has 0 bridgehead atoms. The van der Waals surface area contributed by atoms with Crippen molar-refractivity contribution in [1.82, 2.24) is 15.1 Å². The van der Waals surface area contributed by atoms with Gasteiger partial charge in [0.2, 0.25) is 0 Å². The van der Waals surface area contributed by atoms with Crippen molar-refractivity contribution >= 4 is 17.2 Å². The third-order valence-electron chi connectivity index (χ3n) is 4.47. The fraction of sp³-hybridized carbons (Fsp3) is 0.389. The summed E-state index contributed by atoms with van der Waals surface area (Å²) in [4.78, 5) is 17.0. The van der Waals surface area contributed by atoms with E-state index in [4.69, 9.17) is 0 Å². The third kappa shape index (κ3) is 4.20. The van der Waals surface area contributed by atoms with Gasteiger partial charge in [0.25, 0.3) is 5.91 Å². The maximum atomic E-state index is 13.0. The standard InChI is InChI=1S/C18H22FN3OS/c1-21-7-9-22(10-8-21)17(15-6-11-24-13-15)12-20-18(23)14-2-4-16(19)5-3-14/h2-6,11,13,17H,7-10,12H2,1H3,(H,20,23). The van der Waals surface area contributed by atoms with Gasteiger partial charge in [-0.3, -0.25) is 9.69 Å². The highest BCUT2D eigenvalue weighted by Gasteiger charge is 2.24. The van der Waals surface area contributed by atoms with Gasteiger partial charge < -0.3 is 10.2 Å². The first-order chi connectivity index (χ1) is 11.6. The largest absolute Gasteiger partial charge is 0.350 e. The molecule has 0 radical (unpaired) electrons. The van der Waals surface area contributed by atoms with Crippen LogP contribution in [0.2, 0.25) is 0 Å². The van der Waals surface area contributed by atoms with Crippen molar-refractivity contribution in [2.75, 3.05) is 39.8 Å². The fourth-order valence-corrected chi connectivity index (χ4v) is 3.66. The molecule has 1 aliphatic heterocycles. The van der Waals surface area contributed by atoms with Gasteiger partial charge in [-0.05, 0) is 53.7 Å². The molecule has 6 heteroatoms. The van der Waals surface area contributed by atoms with Crippen molar-refractivity contribution < 1.29 is 9.18 Å². The number of nitrogens with zero attached hydrogens (tertiary/aromatic N) is 2. The number of halogens is 1. The van der Waals surface area contributed by atoms with Crippen LogP contribution in [-0.4, -0.2) is 55.5 Å². The predicted octanol–water partition coefficient (Wildman–Crippen LogP) is 2.61. The van der Waals surface area contributed by atoms with E-state index in [1.165, 1.54) is 29.8 Å². The van der Waals surface area contributed by atoms with Gasteiger partial charge in [0.1, 0.15) is 5.82 Å². The maximum Gasteiger partial charge on any atom is 0.251 e. The minimum Gasteiger partial charge on any atom is -0.350 e. The molecule has 0 spiro atoms. The lowest BCUT2D eigenvalue weighted by atomic mass is 10.1. The molecule has 0 aliphatic carbocycles. The number of carbonyl (C=O) groups excluding carboxylic acids is 1. The lowest BCUT2D eigenvalue weighted by Gasteiger charge is -2.38. The minimum absolute atomic E-state index is 0.163. The van der Waals surface area contributed by atoms with Crippen LogP contribution in [0.4, 0.5) is 4.39 Å². The number of likely N-dealkylation sites (N-methyl/N-ethyl adjacent to an activating group) is 1. The van der Waals surface area contributed by atoms with E-state index in [0.717, 1.165) is 26.2 Å². The van der Waals surface area contributed by atoms with E-state index < -0.39 is 0 Å². The number of benzene rings is 1. The monoisotopic (exact) mass is 347 g/mol. The average molecular weight is 347 g/mol. The summed E-state index contributed by atoms with van der Waals surface area (Å²) in [5, 5.41) is 7.22. The molecule has 1 unspecified atom stereocenters. The van der Waals surface area contributed by atoms with E-state index in [-0.39, 0.29) is 17.8 Å². The van der Waals surface area contributed by atoms with Gasteiger partial charge in [-0.1, -0.05) is 0 Å². The van der Waals surface area contributed by atoms with E-state index in [0.29, 0.717) is 12.1 Å². The van der Waals surface area contributed by atoms with E-state index in [1.54, 1.807) is 11.3 Å². The van der Waals surface area contributed by atoms with Crippen LogP contribution in [0, 0.1) is 5.82 Å². The zero-order valence-corrected chi connectivity index (χ0v) is 14.6. The molecule has 1 saturated heterocycles. The summed E-state index contributed by atoms with van der Waals surface area (Å²) < 4.78 is 13.0. The van der Waals surface area contributed by atoms with Crippen molar-refractivity contribution in [3.8, 4) is 0 Å². The van der Waals surface area contributed by atoms with Gasteiger partial charge in [0.05, 0.1) is 6.04 Å². The number of hydrogen-bond acceptors (Lipinski definition) is 4. The number of rotatable bonds is 5. The molecule has 2 heterocycles. The van der Waals surface area contributed by atoms with Crippen LogP contribution >= 0.6 is 11.3 Å². The van der Waals surface area contributed by atoms with Crippen LogP contribution in [0.5, 0.6) is 0 Å². The smallest absolute Gasteiger partial charge is 0.251 e. The first-order valence-corrected chi connectivity index (χ1v) is 9.06. The van der Waals surface area contributed by atoms with Crippen molar-refractivity contribution in [2.24, 2.45) is 0 Å². The van der Waals surface area contributed by atoms with Crippen LogP contribution in [0.25, 0.3) is 0 Å². The Morgan fingerprint density at radius 1 is 1.21 bits per heavy atom.